The molecule has 1 N–H and O–H groups in total. The molecule has 1 aliphatic rings. The van der Waals surface area contributed by atoms with E-state index >= 15 is 0 Å². The van der Waals surface area contributed by atoms with E-state index in [0.717, 1.165) is 5.56 Å². The summed E-state index contributed by atoms with van der Waals surface area (Å²) in [6.07, 6.45) is 0. The molecule has 4 nitrogen and oxygen atoms in total. The summed E-state index contributed by atoms with van der Waals surface area (Å²) in [6.45, 7) is 1.86. The van der Waals surface area contributed by atoms with Crippen LogP contribution < -0.4 is 4.74 Å². The molecule has 3 rings (SSSR count). The fourth-order valence-corrected chi connectivity index (χ4v) is 2.50. The molecular weight excluding hydrogens is 256 g/mol. The van der Waals surface area contributed by atoms with Crippen molar-refractivity contribution < 1.29 is 19.4 Å². The number of aryl methyl sites for hydroxylation is 1. The number of ketones is 2. The third-order valence-corrected chi connectivity index (χ3v) is 3.44. The lowest BCUT2D eigenvalue weighted by Gasteiger charge is -2.20. The van der Waals surface area contributed by atoms with Gasteiger partial charge in [-0.05, 0) is 19.1 Å². The molecule has 4 heteroatoms. The number of phenolic OH excluding ortho intramolecular Hbond substituents is 1. The Kier molecular flexibility index (Phi) is 2.61. The van der Waals surface area contributed by atoms with Gasteiger partial charge in [-0.1, -0.05) is 17.7 Å². The monoisotopic (exact) mass is 268 g/mol. The van der Waals surface area contributed by atoms with Gasteiger partial charge < -0.3 is 9.84 Å². The van der Waals surface area contributed by atoms with Crippen LogP contribution >= 0.6 is 0 Å². The average Bonchev–Trinajstić information content (AvgIpc) is 2.43. The predicted molar refractivity (Wildman–Crippen MR) is 72.7 cm³/mol. The van der Waals surface area contributed by atoms with Gasteiger partial charge in [0.05, 0.1) is 12.7 Å². The van der Waals surface area contributed by atoms with Crippen LogP contribution in [0.15, 0.2) is 30.3 Å². The summed E-state index contributed by atoms with van der Waals surface area (Å²) in [5.41, 5.74) is 2.05. The van der Waals surface area contributed by atoms with Crippen molar-refractivity contribution in [2.24, 2.45) is 0 Å². The van der Waals surface area contributed by atoms with Gasteiger partial charge in [-0.25, -0.2) is 0 Å². The lowest BCUT2D eigenvalue weighted by atomic mass is 9.83. The van der Waals surface area contributed by atoms with Gasteiger partial charge in [-0.15, -0.1) is 0 Å². The fraction of sp³-hybridized carbons (Fsp3) is 0.125. The highest BCUT2D eigenvalue weighted by Gasteiger charge is 2.32. The van der Waals surface area contributed by atoms with E-state index in [2.05, 4.69) is 0 Å². The third-order valence-electron chi connectivity index (χ3n) is 3.44. The van der Waals surface area contributed by atoms with Crippen LogP contribution in [-0.4, -0.2) is 23.8 Å². The quantitative estimate of drug-likeness (QED) is 0.736. The topological polar surface area (TPSA) is 63.6 Å². The van der Waals surface area contributed by atoms with Crippen molar-refractivity contribution in [3.8, 4) is 11.5 Å². The Labute approximate surface area is 115 Å². The molecule has 0 amide bonds. The van der Waals surface area contributed by atoms with Crippen LogP contribution in [0.1, 0.15) is 37.4 Å². The van der Waals surface area contributed by atoms with E-state index in [-0.39, 0.29) is 34.2 Å². The van der Waals surface area contributed by atoms with E-state index in [0.29, 0.717) is 11.1 Å². The van der Waals surface area contributed by atoms with E-state index < -0.39 is 0 Å². The summed E-state index contributed by atoms with van der Waals surface area (Å²) in [6, 6.07) is 7.78. The number of benzene rings is 2. The van der Waals surface area contributed by atoms with E-state index in [1.165, 1.54) is 19.2 Å². The maximum atomic E-state index is 12.5. The lowest BCUT2D eigenvalue weighted by Crippen LogP contribution is -2.21. The van der Waals surface area contributed by atoms with Gasteiger partial charge in [0, 0.05) is 22.8 Å². The maximum Gasteiger partial charge on any atom is 0.198 e. The van der Waals surface area contributed by atoms with Crippen molar-refractivity contribution in [3.63, 3.8) is 0 Å². The second kappa shape index (κ2) is 4.20. The molecule has 100 valence electrons. The van der Waals surface area contributed by atoms with Crippen LogP contribution in [0.4, 0.5) is 0 Å². The Balaban J connectivity index is 2.34. The van der Waals surface area contributed by atoms with Crippen molar-refractivity contribution in [1.29, 1.82) is 0 Å². The molecule has 2 aromatic carbocycles. The molecule has 0 atom stereocenters. The number of hydrogen-bond donors (Lipinski definition) is 1. The first-order chi connectivity index (χ1) is 9.52. The zero-order valence-electron chi connectivity index (χ0n) is 11.1. The van der Waals surface area contributed by atoms with Crippen LogP contribution in [0, 0.1) is 6.92 Å². The maximum absolute atomic E-state index is 12.5. The molecule has 0 aromatic heterocycles. The SMILES string of the molecule is COc1cc(O)cc2c1C(=O)c1ccc(C)cc1C2=O. The Bertz CT molecular complexity index is 759. The number of rotatable bonds is 1. The van der Waals surface area contributed by atoms with Crippen LogP contribution in [0.3, 0.4) is 0 Å². The molecule has 0 heterocycles. The minimum atomic E-state index is -0.271. The van der Waals surface area contributed by atoms with E-state index in [1.54, 1.807) is 18.2 Å². The summed E-state index contributed by atoms with van der Waals surface area (Å²) >= 11 is 0. The molecule has 0 bridgehead atoms. The number of aromatic hydroxyl groups is 1. The predicted octanol–water partition coefficient (Wildman–Crippen LogP) is 2.48. The summed E-state index contributed by atoms with van der Waals surface area (Å²) in [5.74, 6) is -0.415. The second-order valence-corrected chi connectivity index (χ2v) is 4.78. The second-order valence-electron chi connectivity index (χ2n) is 4.78. The molecule has 0 fully saturated rings. The van der Waals surface area contributed by atoms with Gasteiger partial charge in [-0.3, -0.25) is 9.59 Å². The Morgan fingerprint density at radius 2 is 1.70 bits per heavy atom. The van der Waals surface area contributed by atoms with Crippen molar-refractivity contribution >= 4 is 11.6 Å². The molecule has 0 aliphatic heterocycles. The molecule has 20 heavy (non-hydrogen) atoms. The van der Waals surface area contributed by atoms with Crippen molar-refractivity contribution in [2.75, 3.05) is 7.11 Å². The zero-order chi connectivity index (χ0) is 14.4. The number of fused-ring (bicyclic) bond motifs is 2. The largest absolute Gasteiger partial charge is 0.508 e. The number of methoxy groups -OCH3 is 1. The van der Waals surface area contributed by atoms with Crippen LogP contribution in [-0.2, 0) is 0 Å². The highest BCUT2D eigenvalue weighted by molar-refractivity contribution is 6.29. The molecular formula is C16H12O4. The summed E-state index contributed by atoms with van der Waals surface area (Å²) in [4.78, 5) is 25.0. The summed E-state index contributed by atoms with van der Waals surface area (Å²) in [5, 5.41) is 9.66. The average molecular weight is 268 g/mol. The third kappa shape index (κ3) is 1.61. The standard InChI is InChI=1S/C16H12O4/c1-8-3-4-10-11(5-8)15(18)12-6-9(17)7-13(20-2)14(12)16(10)19/h3-7,17H,1-2H3. The molecule has 0 spiro atoms. The van der Waals surface area contributed by atoms with E-state index in [4.69, 9.17) is 4.74 Å². The van der Waals surface area contributed by atoms with Gasteiger partial charge in [0.1, 0.15) is 11.5 Å². The lowest BCUT2D eigenvalue weighted by molar-refractivity contribution is 0.0976. The Hall–Kier alpha value is -2.62. The van der Waals surface area contributed by atoms with Crippen molar-refractivity contribution in [2.45, 2.75) is 6.92 Å². The van der Waals surface area contributed by atoms with Gasteiger partial charge in [0.15, 0.2) is 11.6 Å². The van der Waals surface area contributed by atoms with Gasteiger partial charge in [0.2, 0.25) is 0 Å². The first kappa shape index (κ1) is 12.4. The van der Waals surface area contributed by atoms with Crippen molar-refractivity contribution in [1.82, 2.24) is 0 Å². The minimum absolute atomic E-state index is 0.0992. The van der Waals surface area contributed by atoms with Gasteiger partial charge in [0.25, 0.3) is 0 Å². The molecule has 0 unspecified atom stereocenters. The summed E-state index contributed by atoms with van der Waals surface area (Å²) in [7, 11) is 1.40. The van der Waals surface area contributed by atoms with E-state index in [9.17, 15) is 14.7 Å². The number of ether oxygens (including phenoxy) is 1. The van der Waals surface area contributed by atoms with E-state index in [1.807, 2.05) is 6.92 Å². The molecule has 2 aromatic rings. The Morgan fingerprint density at radius 1 is 0.950 bits per heavy atom. The highest BCUT2D eigenvalue weighted by Crippen LogP contribution is 2.36. The Morgan fingerprint density at radius 3 is 2.40 bits per heavy atom. The van der Waals surface area contributed by atoms with Crippen LogP contribution in [0.2, 0.25) is 0 Å². The molecule has 0 saturated carbocycles. The fourth-order valence-electron chi connectivity index (χ4n) is 2.50. The number of hydrogen-bond acceptors (Lipinski definition) is 4. The first-order valence-corrected chi connectivity index (χ1v) is 6.14. The highest BCUT2D eigenvalue weighted by atomic mass is 16.5. The number of carbonyl (C=O) groups excluding carboxylic acids is 2. The van der Waals surface area contributed by atoms with Gasteiger partial charge >= 0.3 is 0 Å². The van der Waals surface area contributed by atoms with Crippen LogP contribution in [0.5, 0.6) is 11.5 Å². The molecule has 0 saturated heterocycles. The smallest absolute Gasteiger partial charge is 0.198 e. The van der Waals surface area contributed by atoms with Gasteiger partial charge in [-0.2, -0.15) is 0 Å². The minimum Gasteiger partial charge on any atom is -0.508 e. The normalized spacial score (nSPS) is 12.9. The number of phenols is 1. The zero-order valence-corrected chi connectivity index (χ0v) is 11.1. The molecule has 0 radical (unpaired) electrons. The first-order valence-electron chi connectivity index (χ1n) is 6.14. The number of carbonyl (C=O) groups is 2. The summed E-state index contributed by atoms with van der Waals surface area (Å²) < 4.78 is 5.12. The van der Waals surface area contributed by atoms with Crippen molar-refractivity contribution in [3.05, 3.63) is 58.1 Å². The molecule has 1 aliphatic carbocycles. The van der Waals surface area contributed by atoms with Crippen LogP contribution in [0.25, 0.3) is 0 Å².